The summed E-state index contributed by atoms with van der Waals surface area (Å²) in [5.41, 5.74) is 0.777. The maximum Gasteiger partial charge on any atom is 0.280 e. The molecule has 2 aromatic rings. The third-order valence-corrected chi connectivity index (χ3v) is 3.74. The van der Waals surface area contributed by atoms with Gasteiger partial charge in [-0.1, -0.05) is 12.1 Å². The SMILES string of the molecule is CC(=O)c1cccc(NS(=O)(=O)c2cn(C)cn2)c1. The van der Waals surface area contributed by atoms with Gasteiger partial charge in [0.2, 0.25) is 0 Å². The summed E-state index contributed by atoms with van der Waals surface area (Å²) in [6.45, 7) is 1.42. The Morgan fingerprint density at radius 2 is 2.11 bits per heavy atom. The number of ketones is 1. The van der Waals surface area contributed by atoms with Gasteiger partial charge in [0.1, 0.15) is 0 Å². The Morgan fingerprint density at radius 3 is 2.68 bits per heavy atom. The minimum atomic E-state index is -3.73. The van der Waals surface area contributed by atoms with Crippen LogP contribution in [0, 0.1) is 0 Å². The molecule has 0 fully saturated rings. The quantitative estimate of drug-likeness (QED) is 0.858. The molecule has 1 heterocycles. The van der Waals surface area contributed by atoms with Crippen molar-refractivity contribution < 1.29 is 13.2 Å². The minimum absolute atomic E-state index is 0.0665. The first-order valence-electron chi connectivity index (χ1n) is 5.50. The zero-order valence-electron chi connectivity index (χ0n) is 10.5. The van der Waals surface area contributed by atoms with Crippen LogP contribution in [-0.4, -0.2) is 23.8 Å². The molecule has 1 N–H and O–H groups in total. The van der Waals surface area contributed by atoms with Crippen LogP contribution in [0.2, 0.25) is 0 Å². The standard InChI is InChI=1S/C12H13N3O3S/c1-9(16)10-4-3-5-11(6-10)14-19(17,18)12-7-15(2)8-13-12/h3-8,14H,1-2H3. The first kappa shape index (κ1) is 13.3. The van der Waals surface area contributed by atoms with Crippen molar-refractivity contribution >= 4 is 21.5 Å². The van der Waals surface area contributed by atoms with E-state index in [4.69, 9.17) is 0 Å². The Morgan fingerprint density at radius 1 is 1.37 bits per heavy atom. The van der Waals surface area contributed by atoms with E-state index in [1.807, 2.05) is 0 Å². The van der Waals surface area contributed by atoms with Gasteiger partial charge in [0.15, 0.2) is 10.8 Å². The van der Waals surface area contributed by atoms with Crippen LogP contribution in [0.15, 0.2) is 41.8 Å². The Bertz CT molecular complexity index is 719. The Balaban J connectivity index is 2.30. The summed E-state index contributed by atoms with van der Waals surface area (Å²) in [5.74, 6) is -0.126. The second kappa shape index (κ2) is 4.85. The van der Waals surface area contributed by atoms with Gasteiger partial charge in [0.25, 0.3) is 10.0 Å². The van der Waals surface area contributed by atoms with Gasteiger partial charge in [0.05, 0.1) is 6.33 Å². The van der Waals surface area contributed by atoms with E-state index in [0.29, 0.717) is 11.3 Å². The average molecular weight is 279 g/mol. The van der Waals surface area contributed by atoms with E-state index in [1.165, 1.54) is 25.5 Å². The molecule has 100 valence electrons. The summed E-state index contributed by atoms with van der Waals surface area (Å²) in [4.78, 5) is 15.0. The fourth-order valence-corrected chi connectivity index (χ4v) is 2.57. The second-order valence-corrected chi connectivity index (χ2v) is 5.75. The lowest BCUT2D eigenvalue weighted by Crippen LogP contribution is -2.13. The lowest BCUT2D eigenvalue weighted by molar-refractivity contribution is 0.101. The Labute approximate surface area is 111 Å². The van der Waals surface area contributed by atoms with Gasteiger partial charge in [-0.05, 0) is 19.1 Å². The van der Waals surface area contributed by atoms with E-state index in [1.54, 1.807) is 29.8 Å². The van der Waals surface area contributed by atoms with Crippen molar-refractivity contribution in [3.63, 3.8) is 0 Å². The fourth-order valence-electron chi connectivity index (χ4n) is 1.54. The van der Waals surface area contributed by atoms with E-state index in [0.717, 1.165) is 0 Å². The molecule has 0 aliphatic carbocycles. The lowest BCUT2D eigenvalue weighted by atomic mass is 10.1. The highest BCUT2D eigenvalue weighted by molar-refractivity contribution is 7.92. The largest absolute Gasteiger partial charge is 0.339 e. The molecule has 0 spiro atoms. The molecular formula is C12H13N3O3S. The van der Waals surface area contributed by atoms with Crippen molar-refractivity contribution in [3.8, 4) is 0 Å². The van der Waals surface area contributed by atoms with Crippen LogP contribution in [-0.2, 0) is 17.1 Å². The number of aryl methyl sites for hydroxylation is 1. The summed E-state index contributed by atoms with van der Waals surface area (Å²) in [6, 6.07) is 6.31. The van der Waals surface area contributed by atoms with Gasteiger partial charge >= 0.3 is 0 Å². The zero-order valence-corrected chi connectivity index (χ0v) is 11.3. The number of hydrogen-bond acceptors (Lipinski definition) is 4. The topological polar surface area (TPSA) is 81.1 Å². The number of Topliss-reactive ketones (excluding diaryl/α,β-unsaturated/α-hetero) is 1. The Kier molecular flexibility index (Phi) is 3.39. The maximum atomic E-state index is 12.0. The fraction of sp³-hybridized carbons (Fsp3) is 0.167. The first-order chi connectivity index (χ1) is 8.88. The summed E-state index contributed by atoms with van der Waals surface area (Å²) >= 11 is 0. The molecule has 0 saturated heterocycles. The van der Waals surface area contributed by atoms with Gasteiger partial charge in [-0.2, -0.15) is 8.42 Å². The number of carbonyl (C=O) groups excluding carboxylic acids is 1. The van der Waals surface area contributed by atoms with Crippen LogP contribution >= 0.6 is 0 Å². The molecule has 0 saturated carbocycles. The molecule has 0 atom stereocenters. The summed E-state index contributed by atoms with van der Waals surface area (Å²) in [6.07, 6.45) is 2.80. The summed E-state index contributed by atoms with van der Waals surface area (Å²) < 4.78 is 28.0. The van der Waals surface area contributed by atoms with Crippen molar-refractivity contribution in [2.45, 2.75) is 11.9 Å². The van der Waals surface area contributed by atoms with Crippen LogP contribution in [0.5, 0.6) is 0 Å². The van der Waals surface area contributed by atoms with Crippen molar-refractivity contribution in [1.82, 2.24) is 9.55 Å². The van der Waals surface area contributed by atoms with Gasteiger partial charge in [-0.15, -0.1) is 0 Å². The van der Waals surface area contributed by atoms with Crippen LogP contribution in [0.1, 0.15) is 17.3 Å². The van der Waals surface area contributed by atoms with E-state index < -0.39 is 10.0 Å². The molecule has 7 heteroatoms. The molecule has 19 heavy (non-hydrogen) atoms. The molecule has 1 aromatic carbocycles. The molecule has 0 amide bonds. The molecule has 0 bridgehead atoms. The molecule has 0 radical (unpaired) electrons. The van der Waals surface area contributed by atoms with E-state index in [-0.39, 0.29) is 10.8 Å². The van der Waals surface area contributed by atoms with Crippen LogP contribution in [0.4, 0.5) is 5.69 Å². The van der Waals surface area contributed by atoms with E-state index in [2.05, 4.69) is 9.71 Å². The highest BCUT2D eigenvalue weighted by atomic mass is 32.2. The molecule has 6 nitrogen and oxygen atoms in total. The number of benzene rings is 1. The predicted molar refractivity (Wildman–Crippen MR) is 70.5 cm³/mol. The number of hydrogen-bond donors (Lipinski definition) is 1. The average Bonchev–Trinajstić information content (AvgIpc) is 2.76. The highest BCUT2D eigenvalue weighted by Crippen LogP contribution is 2.16. The number of nitrogens with one attached hydrogen (secondary N) is 1. The van der Waals surface area contributed by atoms with Gasteiger partial charge in [-0.3, -0.25) is 9.52 Å². The van der Waals surface area contributed by atoms with E-state index >= 15 is 0 Å². The van der Waals surface area contributed by atoms with Crippen LogP contribution in [0.25, 0.3) is 0 Å². The predicted octanol–water partition coefficient (Wildman–Crippen LogP) is 1.42. The smallest absolute Gasteiger partial charge is 0.280 e. The highest BCUT2D eigenvalue weighted by Gasteiger charge is 2.17. The Hall–Kier alpha value is -2.15. The summed E-state index contributed by atoms with van der Waals surface area (Å²) in [5, 5.41) is -0.0665. The molecule has 0 unspecified atom stereocenters. The number of sulfonamides is 1. The number of nitrogens with zero attached hydrogens (tertiary/aromatic N) is 2. The first-order valence-corrected chi connectivity index (χ1v) is 6.98. The molecule has 0 aliphatic heterocycles. The zero-order chi connectivity index (χ0) is 14.0. The van der Waals surface area contributed by atoms with Gasteiger partial charge in [-0.25, -0.2) is 4.98 Å². The number of anilines is 1. The molecule has 1 aromatic heterocycles. The summed E-state index contributed by atoms with van der Waals surface area (Å²) in [7, 11) is -2.05. The van der Waals surface area contributed by atoms with Gasteiger partial charge < -0.3 is 4.57 Å². The normalized spacial score (nSPS) is 11.3. The second-order valence-electron chi connectivity index (χ2n) is 4.12. The van der Waals surface area contributed by atoms with Crippen molar-refractivity contribution in [2.75, 3.05) is 4.72 Å². The molecule has 0 aliphatic rings. The molecule has 2 rings (SSSR count). The molecular weight excluding hydrogens is 266 g/mol. The van der Waals surface area contributed by atoms with Crippen molar-refractivity contribution in [3.05, 3.63) is 42.4 Å². The third-order valence-electron chi connectivity index (χ3n) is 2.48. The monoisotopic (exact) mass is 279 g/mol. The van der Waals surface area contributed by atoms with Crippen molar-refractivity contribution in [1.29, 1.82) is 0 Å². The van der Waals surface area contributed by atoms with E-state index in [9.17, 15) is 13.2 Å². The number of carbonyl (C=O) groups is 1. The minimum Gasteiger partial charge on any atom is -0.339 e. The maximum absolute atomic E-state index is 12.0. The van der Waals surface area contributed by atoms with Gasteiger partial charge in [0, 0.05) is 24.5 Å². The number of aromatic nitrogens is 2. The van der Waals surface area contributed by atoms with Crippen LogP contribution < -0.4 is 4.72 Å². The van der Waals surface area contributed by atoms with Crippen molar-refractivity contribution in [2.24, 2.45) is 7.05 Å². The number of imidazole rings is 1. The number of rotatable bonds is 4. The lowest BCUT2D eigenvalue weighted by Gasteiger charge is -2.06. The van der Waals surface area contributed by atoms with Crippen LogP contribution in [0.3, 0.4) is 0 Å². The third kappa shape index (κ3) is 3.00.